The van der Waals surface area contributed by atoms with Crippen molar-refractivity contribution < 1.29 is 14.6 Å². The molecule has 2 heterocycles. The first-order valence-electron chi connectivity index (χ1n) is 5.91. The van der Waals surface area contributed by atoms with Gasteiger partial charge in [0.05, 0.1) is 31.0 Å². The van der Waals surface area contributed by atoms with Crippen LogP contribution in [0.3, 0.4) is 0 Å². The lowest BCUT2D eigenvalue weighted by molar-refractivity contribution is 0.0802. The normalized spacial score (nSPS) is 12.8. The first kappa shape index (κ1) is 14.4. The van der Waals surface area contributed by atoms with E-state index >= 15 is 0 Å². The van der Waals surface area contributed by atoms with Crippen molar-refractivity contribution in [2.45, 2.75) is 19.6 Å². The molecular weight excluding hydrogens is 269 g/mol. The number of aromatic nitrogens is 3. The van der Waals surface area contributed by atoms with E-state index in [0.717, 1.165) is 15.5 Å². The summed E-state index contributed by atoms with van der Waals surface area (Å²) in [5.74, 6) is -1.00. The number of aliphatic hydroxyl groups is 2. The van der Waals surface area contributed by atoms with Crippen LogP contribution in [-0.2, 0) is 13.6 Å². The van der Waals surface area contributed by atoms with Crippen LogP contribution in [-0.4, -0.2) is 37.0 Å². The van der Waals surface area contributed by atoms with Crippen LogP contribution in [0.25, 0.3) is 11.0 Å². The Labute approximate surface area is 112 Å². The van der Waals surface area contributed by atoms with E-state index in [1.54, 1.807) is 0 Å². The number of nitrogens with zero attached hydrogens (tertiary/aromatic N) is 3. The largest absolute Gasteiger partial charge is 0.394 e. The molecule has 0 aliphatic carbocycles. The second kappa shape index (κ2) is 5.14. The maximum absolute atomic E-state index is 13.8. The van der Waals surface area contributed by atoms with E-state index in [1.807, 2.05) is 0 Å². The summed E-state index contributed by atoms with van der Waals surface area (Å²) >= 11 is 0. The molecule has 2 N–H and O–H groups in total. The van der Waals surface area contributed by atoms with Gasteiger partial charge in [-0.1, -0.05) is 0 Å². The lowest BCUT2D eigenvalue weighted by Gasteiger charge is -2.12. The van der Waals surface area contributed by atoms with Crippen molar-refractivity contribution in [2.75, 3.05) is 6.61 Å². The Kier molecular flexibility index (Phi) is 3.69. The second-order valence-corrected chi connectivity index (χ2v) is 4.54. The van der Waals surface area contributed by atoms with Crippen LogP contribution in [0.2, 0.25) is 0 Å². The zero-order valence-corrected chi connectivity index (χ0v) is 11.0. The molecule has 8 heteroatoms. The van der Waals surface area contributed by atoms with Crippen LogP contribution in [0.5, 0.6) is 0 Å². The first-order chi connectivity index (χ1) is 9.38. The number of pyridine rings is 1. The summed E-state index contributed by atoms with van der Waals surface area (Å²) in [6.07, 6.45) is 0.0324. The molecule has 0 spiro atoms. The summed E-state index contributed by atoms with van der Waals surface area (Å²) in [5, 5.41) is 18.1. The van der Waals surface area contributed by atoms with Crippen molar-refractivity contribution in [3.63, 3.8) is 0 Å². The monoisotopic (exact) mass is 283 g/mol. The minimum absolute atomic E-state index is 0.0164. The fourth-order valence-corrected chi connectivity index (χ4v) is 1.99. The van der Waals surface area contributed by atoms with Crippen LogP contribution >= 0.6 is 0 Å². The molecule has 0 saturated carbocycles. The molecule has 2 aromatic heterocycles. The number of fused-ring (bicyclic) bond motifs is 1. The van der Waals surface area contributed by atoms with Gasteiger partial charge in [0.15, 0.2) is 5.82 Å². The lowest BCUT2D eigenvalue weighted by atomic mass is 10.2. The van der Waals surface area contributed by atoms with Crippen LogP contribution < -0.4 is 11.1 Å². The molecule has 0 aromatic carbocycles. The van der Waals surface area contributed by atoms with E-state index in [9.17, 15) is 19.1 Å². The van der Waals surface area contributed by atoms with Crippen molar-refractivity contribution in [1.82, 2.24) is 14.1 Å². The summed E-state index contributed by atoms with van der Waals surface area (Å²) < 4.78 is 15.8. The van der Waals surface area contributed by atoms with E-state index in [-0.39, 0.29) is 23.1 Å². The van der Waals surface area contributed by atoms with Crippen LogP contribution in [0.15, 0.2) is 15.9 Å². The summed E-state index contributed by atoms with van der Waals surface area (Å²) in [6, 6.07) is 0. The first-order valence-corrected chi connectivity index (χ1v) is 5.91. The highest BCUT2D eigenvalue weighted by atomic mass is 19.1. The highest BCUT2D eigenvalue weighted by molar-refractivity contribution is 5.77. The maximum atomic E-state index is 13.8. The van der Waals surface area contributed by atoms with Gasteiger partial charge in [-0.25, -0.2) is 9.37 Å². The Morgan fingerprint density at radius 3 is 2.65 bits per heavy atom. The molecule has 2 aromatic rings. The van der Waals surface area contributed by atoms with Crippen molar-refractivity contribution in [3.8, 4) is 0 Å². The molecule has 0 aliphatic heterocycles. The Morgan fingerprint density at radius 1 is 1.40 bits per heavy atom. The third-order valence-corrected chi connectivity index (χ3v) is 3.15. The Hall–Kier alpha value is -2.06. The van der Waals surface area contributed by atoms with Gasteiger partial charge in [0.2, 0.25) is 0 Å². The van der Waals surface area contributed by atoms with Gasteiger partial charge in [-0.05, 0) is 6.92 Å². The molecule has 1 atom stereocenters. The average molecular weight is 283 g/mol. The maximum Gasteiger partial charge on any atom is 0.288 e. The zero-order valence-electron chi connectivity index (χ0n) is 11.0. The Morgan fingerprint density at radius 2 is 2.05 bits per heavy atom. The molecule has 0 saturated heterocycles. The molecule has 1 unspecified atom stereocenters. The third-order valence-electron chi connectivity index (χ3n) is 3.15. The molecular formula is C12H14FN3O4. The van der Waals surface area contributed by atoms with E-state index in [4.69, 9.17) is 5.11 Å². The molecule has 7 nitrogen and oxygen atoms in total. The smallest absolute Gasteiger partial charge is 0.288 e. The standard InChI is InChI=1S/C12H14FN3O4/c1-6-8-10(15(2)12(20)9(6)13)14-5-16(11(8)19)3-7(18)4-17/h5,7,17-18H,3-4H2,1-2H3. The minimum Gasteiger partial charge on any atom is -0.394 e. The van der Waals surface area contributed by atoms with Gasteiger partial charge in [-0.3, -0.25) is 18.7 Å². The van der Waals surface area contributed by atoms with E-state index in [0.29, 0.717) is 0 Å². The average Bonchev–Trinajstić information content (AvgIpc) is 2.44. The van der Waals surface area contributed by atoms with Gasteiger partial charge in [0.1, 0.15) is 5.65 Å². The Balaban J connectivity index is 2.80. The predicted octanol–water partition coefficient (Wildman–Crippen LogP) is -1.10. The summed E-state index contributed by atoms with van der Waals surface area (Å²) in [5.41, 5.74) is -1.42. The van der Waals surface area contributed by atoms with Crippen LogP contribution in [0, 0.1) is 12.7 Å². The minimum atomic E-state index is -1.12. The van der Waals surface area contributed by atoms with Crippen molar-refractivity contribution in [1.29, 1.82) is 0 Å². The Bertz CT molecular complexity index is 781. The molecule has 0 amide bonds. The summed E-state index contributed by atoms with van der Waals surface area (Å²) in [4.78, 5) is 27.8. The van der Waals surface area contributed by atoms with Gasteiger partial charge >= 0.3 is 0 Å². The van der Waals surface area contributed by atoms with Gasteiger partial charge in [-0.2, -0.15) is 0 Å². The van der Waals surface area contributed by atoms with Gasteiger partial charge in [-0.15, -0.1) is 0 Å². The zero-order chi connectivity index (χ0) is 15.0. The highest BCUT2D eigenvalue weighted by Gasteiger charge is 2.17. The van der Waals surface area contributed by atoms with Gasteiger partial charge in [0.25, 0.3) is 11.1 Å². The lowest BCUT2D eigenvalue weighted by Crippen LogP contribution is -2.32. The van der Waals surface area contributed by atoms with Crippen molar-refractivity contribution in [3.05, 3.63) is 38.4 Å². The summed E-state index contributed by atoms with van der Waals surface area (Å²) in [7, 11) is 1.33. The van der Waals surface area contributed by atoms with Crippen molar-refractivity contribution in [2.24, 2.45) is 7.05 Å². The second-order valence-electron chi connectivity index (χ2n) is 4.54. The van der Waals surface area contributed by atoms with E-state index in [1.165, 1.54) is 14.0 Å². The van der Waals surface area contributed by atoms with Crippen molar-refractivity contribution >= 4 is 11.0 Å². The quantitative estimate of drug-likeness (QED) is 0.745. The summed E-state index contributed by atoms with van der Waals surface area (Å²) in [6.45, 7) is 0.655. The molecule has 108 valence electrons. The fraction of sp³-hybridized carbons (Fsp3) is 0.417. The number of halogens is 1. The van der Waals surface area contributed by atoms with E-state index < -0.39 is 29.6 Å². The third kappa shape index (κ3) is 2.12. The van der Waals surface area contributed by atoms with Gasteiger partial charge in [0, 0.05) is 12.6 Å². The van der Waals surface area contributed by atoms with Crippen LogP contribution in [0.1, 0.15) is 5.56 Å². The number of hydrogen-bond acceptors (Lipinski definition) is 5. The van der Waals surface area contributed by atoms with E-state index in [2.05, 4.69) is 4.98 Å². The number of aliphatic hydroxyl groups excluding tert-OH is 2. The molecule has 0 aliphatic rings. The molecule has 20 heavy (non-hydrogen) atoms. The fourth-order valence-electron chi connectivity index (χ4n) is 1.99. The molecule has 2 rings (SSSR count). The molecule has 0 radical (unpaired) electrons. The number of hydrogen-bond donors (Lipinski definition) is 2. The SMILES string of the molecule is Cc1c(F)c(=O)n(C)c2ncn(CC(O)CO)c(=O)c12. The molecule has 0 bridgehead atoms. The van der Waals surface area contributed by atoms with Crippen LogP contribution in [0.4, 0.5) is 4.39 Å². The number of rotatable bonds is 3. The topological polar surface area (TPSA) is 97.3 Å². The predicted molar refractivity (Wildman–Crippen MR) is 69.0 cm³/mol. The number of aryl methyl sites for hydroxylation is 2. The molecule has 0 fully saturated rings. The van der Waals surface area contributed by atoms with Gasteiger partial charge < -0.3 is 10.2 Å². The highest BCUT2D eigenvalue weighted by Crippen LogP contribution is 2.12.